The SMILES string of the molecule is C=C(O)CNOP(=O)(O)OCC. The average Bonchev–Trinajstić information content (AvgIpc) is 1.85. The third-order valence-electron chi connectivity index (χ3n) is 0.748. The van der Waals surface area contributed by atoms with Gasteiger partial charge < -0.3 is 10.00 Å². The van der Waals surface area contributed by atoms with Gasteiger partial charge in [0.2, 0.25) is 0 Å². The minimum absolute atomic E-state index is 0.0650. The van der Waals surface area contributed by atoms with E-state index >= 15 is 0 Å². The van der Waals surface area contributed by atoms with Crippen molar-refractivity contribution < 1.29 is 23.7 Å². The Labute approximate surface area is 70.4 Å². The molecule has 0 bridgehead atoms. The minimum Gasteiger partial charge on any atom is -0.511 e. The van der Waals surface area contributed by atoms with E-state index in [1.165, 1.54) is 0 Å². The highest BCUT2D eigenvalue weighted by Crippen LogP contribution is 2.41. The summed E-state index contributed by atoms with van der Waals surface area (Å²) in [5.41, 5.74) is 2.02. The largest absolute Gasteiger partial charge is 0.511 e. The summed E-state index contributed by atoms with van der Waals surface area (Å²) >= 11 is 0. The molecule has 0 aliphatic heterocycles. The van der Waals surface area contributed by atoms with Gasteiger partial charge in [-0.25, -0.2) is 4.57 Å². The van der Waals surface area contributed by atoms with Crippen molar-refractivity contribution in [1.82, 2.24) is 5.48 Å². The third-order valence-corrected chi connectivity index (χ3v) is 1.69. The summed E-state index contributed by atoms with van der Waals surface area (Å²) in [4.78, 5) is 8.76. The first-order valence-electron chi connectivity index (χ1n) is 3.23. The van der Waals surface area contributed by atoms with Gasteiger partial charge in [0, 0.05) is 0 Å². The lowest BCUT2D eigenvalue weighted by Gasteiger charge is -2.10. The Kier molecular flexibility index (Phi) is 5.12. The van der Waals surface area contributed by atoms with Crippen molar-refractivity contribution in [1.29, 1.82) is 0 Å². The van der Waals surface area contributed by atoms with Crippen LogP contribution < -0.4 is 5.48 Å². The van der Waals surface area contributed by atoms with Crippen molar-refractivity contribution in [3.05, 3.63) is 12.3 Å². The van der Waals surface area contributed by atoms with E-state index in [1.54, 1.807) is 6.92 Å². The highest BCUT2D eigenvalue weighted by atomic mass is 31.2. The molecule has 12 heavy (non-hydrogen) atoms. The number of hydrogen-bond acceptors (Lipinski definition) is 5. The van der Waals surface area contributed by atoms with E-state index in [2.05, 4.69) is 15.7 Å². The summed E-state index contributed by atoms with van der Waals surface area (Å²) in [5, 5.41) is 8.53. The normalized spacial score (nSPS) is 15.5. The zero-order valence-corrected chi connectivity index (χ0v) is 7.58. The Morgan fingerprint density at radius 1 is 1.75 bits per heavy atom. The van der Waals surface area contributed by atoms with Crippen molar-refractivity contribution in [2.24, 2.45) is 0 Å². The maximum atomic E-state index is 10.7. The fourth-order valence-corrected chi connectivity index (χ4v) is 0.993. The van der Waals surface area contributed by atoms with Crippen LogP contribution in [0.25, 0.3) is 0 Å². The summed E-state index contributed by atoms with van der Waals surface area (Å²) in [7, 11) is -4.01. The lowest BCUT2D eigenvalue weighted by molar-refractivity contribution is 0.0996. The zero-order valence-electron chi connectivity index (χ0n) is 6.69. The molecule has 72 valence electrons. The highest BCUT2D eigenvalue weighted by Gasteiger charge is 2.19. The van der Waals surface area contributed by atoms with Crippen molar-refractivity contribution in [3.63, 3.8) is 0 Å². The molecule has 0 rings (SSSR count). The molecule has 1 atom stereocenters. The van der Waals surface area contributed by atoms with Crippen LogP contribution in [-0.4, -0.2) is 23.2 Å². The summed E-state index contributed by atoms with van der Waals surface area (Å²) in [6, 6.07) is 0. The molecule has 0 aromatic heterocycles. The molecule has 0 saturated carbocycles. The number of nitrogens with one attached hydrogen (secondary N) is 1. The molecule has 0 heterocycles. The molecule has 3 N–H and O–H groups in total. The number of aliphatic hydroxyl groups is 1. The van der Waals surface area contributed by atoms with Crippen LogP contribution >= 0.6 is 7.82 Å². The lowest BCUT2D eigenvalue weighted by Crippen LogP contribution is -2.16. The molecule has 0 aliphatic rings. The molecule has 6 nitrogen and oxygen atoms in total. The first kappa shape index (κ1) is 11.6. The van der Waals surface area contributed by atoms with Crippen molar-refractivity contribution in [3.8, 4) is 0 Å². The second-order valence-corrected chi connectivity index (χ2v) is 3.24. The predicted octanol–water partition coefficient (Wildman–Crippen LogP) is 0.716. The van der Waals surface area contributed by atoms with E-state index < -0.39 is 7.82 Å². The second kappa shape index (κ2) is 5.29. The topological polar surface area (TPSA) is 88.0 Å². The van der Waals surface area contributed by atoms with Gasteiger partial charge in [0.1, 0.15) is 5.76 Å². The van der Waals surface area contributed by atoms with Gasteiger partial charge in [0.05, 0.1) is 13.2 Å². The molecule has 0 amide bonds. The molecule has 0 aromatic carbocycles. The van der Waals surface area contributed by atoms with Gasteiger partial charge in [-0.2, -0.15) is 10.1 Å². The van der Waals surface area contributed by atoms with Crippen molar-refractivity contribution >= 4 is 7.82 Å². The smallest absolute Gasteiger partial charge is 0.488 e. The highest BCUT2D eigenvalue weighted by molar-refractivity contribution is 7.47. The molecule has 0 saturated heterocycles. The van der Waals surface area contributed by atoms with E-state index in [1.807, 2.05) is 5.48 Å². The van der Waals surface area contributed by atoms with Crippen LogP contribution in [0.3, 0.4) is 0 Å². The molecule has 0 aliphatic carbocycles. The van der Waals surface area contributed by atoms with Gasteiger partial charge in [-0.05, 0) is 6.92 Å². The monoisotopic (exact) mass is 197 g/mol. The summed E-state index contributed by atoms with van der Waals surface area (Å²) in [5.74, 6) is -0.202. The summed E-state index contributed by atoms with van der Waals surface area (Å²) in [6.45, 7) is 4.61. The van der Waals surface area contributed by atoms with Gasteiger partial charge in [0.15, 0.2) is 0 Å². The van der Waals surface area contributed by atoms with Gasteiger partial charge in [-0.3, -0.25) is 4.52 Å². The lowest BCUT2D eigenvalue weighted by atomic mass is 10.6. The number of phosphoric acid groups is 1. The summed E-state index contributed by atoms with van der Waals surface area (Å²) in [6.07, 6.45) is 0. The van der Waals surface area contributed by atoms with E-state index in [0.29, 0.717) is 0 Å². The molecule has 0 fully saturated rings. The Balaban J connectivity index is 3.61. The van der Waals surface area contributed by atoms with E-state index in [0.717, 1.165) is 0 Å². The van der Waals surface area contributed by atoms with Crippen LogP contribution in [-0.2, 0) is 13.7 Å². The fraction of sp³-hybridized carbons (Fsp3) is 0.600. The van der Waals surface area contributed by atoms with Gasteiger partial charge >= 0.3 is 7.82 Å². The molecule has 0 spiro atoms. The van der Waals surface area contributed by atoms with E-state index in [9.17, 15) is 4.57 Å². The Bertz CT molecular complexity index is 194. The average molecular weight is 197 g/mol. The Hall–Kier alpha value is -0.390. The molecular formula is C5H12NO5P. The number of hydrogen-bond donors (Lipinski definition) is 3. The molecule has 7 heteroatoms. The standard InChI is InChI=1S/C5H12NO5P/c1-3-10-12(8,9)11-6-4-5(2)7/h6-7H,2-4H2,1H3,(H,8,9). The fourth-order valence-electron chi connectivity index (χ4n) is 0.387. The molecule has 1 unspecified atom stereocenters. The third kappa shape index (κ3) is 6.33. The maximum absolute atomic E-state index is 10.7. The van der Waals surface area contributed by atoms with Crippen LogP contribution in [0.5, 0.6) is 0 Å². The van der Waals surface area contributed by atoms with Crippen LogP contribution in [0.15, 0.2) is 12.3 Å². The molecule has 0 aromatic rings. The van der Waals surface area contributed by atoms with Crippen LogP contribution in [0, 0.1) is 0 Å². The van der Waals surface area contributed by atoms with Crippen LogP contribution in [0.4, 0.5) is 0 Å². The molecule has 0 radical (unpaired) electrons. The quantitative estimate of drug-likeness (QED) is 0.330. The Morgan fingerprint density at radius 2 is 2.33 bits per heavy atom. The van der Waals surface area contributed by atoms with Crippen LogP contribution in [0.1, 0.15) is 6.92 Å². The van der Waals surface area contributed by atoms with Gasteiger partial charge in [-0.15, -0.1) is 0 Å². The van der Waals surface area contributed by atoms with Gasteiger partial charge in [-0.1, -0.05) is 6.58 Å². The van der Waals surface area contributed by atoms with Crippen LogP contribution in [0.2, 0.25) is 0 Å². The molecular weight excluding hydrogens is 185 g/mol. The first-order valence-corrected chi connectivity index (χ1v) is 4.73. The van der Waals surface area contributed by atoms with Crippen molar-refractivity contribution in [2.45, 2.75) is 6.92 Å². The van der Waals surface area contributed by atoms with E-state index in [-0.39, 0.29) is 18.9 Å². The minimum atomic E-state index is -4.01. The number of hydroxylamine groups is 1. The number of rotatable bonds is 6. The zero-order chi connectivity index (χ0) is 9.61. The van der Waals surface area contributed by atoms with E-state index in [4.69, 9.17) is 10.00 Å². The number of aliphatic hydroxyl groups excluding tert-OH is 1. The second-order valence-electron chi connectivity index (χ2n) is 1.86. The predicted molar refractivity (Wildman–Crippen MR) is 42.3 cm³/mol. The van der Waals surface area contributed by atoms with Crippen molar-refractivity contribution in [2.75, 3.05) is 13.2 Å². The Morgan fingerprint density at radius 3 is 2.75 bits per heavy atom. The number of phosphoric ester groups is 1. The maximum Gasteiger partial charge on any atom is 0.488 e. The first-order chi connectivity index (χ1) is 5.48. The van der Waals surface area contributed by atoms with Gasteiger partial charge in [0.25, 0.3) is 0 Å². The summed E-state index contributed by atoms with van der Waals surface area (Å²) < 4.78 is 19.3.